The van der Waals surface area contributed by atoms with Crippen molar-refractivity contribution in [2.75, 3.05) is 39.5 Å². The second-order valence-electron chi connectivity index (χ2n) is 9.44. The zero-order valence-electron chi connectivity index (χ0n) is 25.1. The van der Waals surface area contributed by atoms with E-state index in [1.807, 2.05) is 65.8 Å². The molecule has 0 aliphatic heterocycles. The van der Waals surface area contributed by atoms with Crippen molar-refractivity contribution in [1.82, 2.24) is 10.6 Å². The Bertz CT molecular complexity index is 788. The van der Waals surface area contributed by atoms with Gasteiger partial charge in [0, 0.05) is 21.7 Å². The van der Waals surface area contributed by atoms with E-state index in [-0.39, 0.29) is 39.4 Å². The van der Waals surface area contributed by atoms with Crippen LogP contribution in [0.25, 0.3) is 0 Å². The first-order chi connectivity index (χ1) is 18.3. The molecule has 222 valence electrons. The van der Waals surface area contributed by atoms with Crippen molar-refractivity contribution in [1.29, 1.82) is 0 Å². The first kappa shape index (κ1) is 35.9. The van der Waals surface area contributed by atoms with E-state index in [0.717, 1.165) is 24.8 Å². The van der Waals surface area contributed by atoms with Crippen molar-refractivity contribution in [3.05, 3.63) is 35.4 Å². The summed E-state index contributed by atoms with van der Waals surface area (Å²) in [5.41, 5.74) is 1.62. The Hall–Kier alpha value is -2.09. The van der Waals surface area contributed by atoms with Gasteiger partial charge in [-0.3, -0.25) is 14.4 Å². The molecule has 0 aliphatic rings. The number of nitrogens with one attached hydrogen (secondary N) is 2. The molecular weight excluding hydrogens is 480 g/mol. The van der Waals surface area contributed by atoms with Crippen molar-refractivity contribution >= 4 is 17.5 Å². The summed E-state index contributed by atoms with van der Waals surface area (Å²) in [4.78, 5) is 37.4. The molecule has 0 heterocycles. The van der Waals surface area contributed by atoms with E-state index < -0.39 is 5.54 Å². The van der Waals surface area contributed by atoms with Gasteiger partial charge in [-0.1, -0.05) is 77.8 Å². The molecule has 0 saturated carbocycles. The lowest BCUT2D eigenvalue weighted by Crippen LogP contribution is -2.55. The second-order valence-corrected chi connectivity index (χ2v) is 9.44. The van der Waals surface area contributed by atoms with E-state index in [0.29, 0.717) is 52.0 Å². The first-order valence-corrected chi connectivity index (χ1v) is 14.6. The maximum Gasteiger partial charge on any atom is 0.220 e. The Kier molecular flexibility index (Phi) is 20.6. The highest BCUT2D eigenvalue weighted by molar-refractivity contribution is 5.93. The fraction of sp³-hybridized carbons (Fsp3) is 0.710. The second kappa shape index (κ2) is 21.8. The maximum absolute atomic E-state index is 13.1. The number of hydrogen-bond donors (Lipinski definition) is 2. The number of ketones is 2. The van der Waals surface area contributed by atoms with Crippen molar-refractivity contribution in [3.8, 4) is 0 Å². The van der Waals surface area contributed by atoms with Gasteiger partial charge in [0.15, 0.2) is 11.6 Å². The highest BCUT2D eigenvalue weighted by Crippen LogP contribution is 2.19. The summed E-state index contributed by atoms with van der Waals surface area (Å²) in [5, 5.41) is 6.20. The SMILES string of the molecule is CC.CCCC(CC)(NCCOCCOCC(=O)C(CC)CC)C(=O)CNC(=O)CCc1ccc(C)cc1.[HH].[HH]. The van der Waals surface area contributed by atoms with Gasteiger partial charge in [0.2, 0.25) is 5.91 Å². The van der Waals surface area contributed by atoms with Crippen LogP contribution in [-0.4, -0.2) is 62.5 Å². The van der Waals surface area contributed by atoms with Crippen LogP contribution in [0.15, 0.2) is 24.3 Å². The van der Waals surface area contributed by atoms with E-state index >= 15 is 0 Å². The molecule has 1 unspecified atom stereocenters. The standard InChI is InChI=1S/C29H48N2O5.C2H6.2H2/c1-6-16-29(9-4,31-17-18-35-19-20-36-22-26(32)25(7-2)8-3)27(33)21-30-28(34)15-14-24-12-10-23(5)11-13-24;1-2;;/h10-13,25,31H,6-9,14-22H2,1-5H3,(H,30,34);1-2H3;2*1H. The van der Waals surface area contributed by atoms with Crippen LogP contribution in [0.5, 0.6) is 0 Å². The molecule has 0 spiro atoms. The Labute approximate surface area is 234 Å². The zero-order valence-corrected chi connectivity index (χ0v) is 25.1. The number of carbonyl (C=O) groups is 3. The number of benzene rings is 1. The van der Waals surface area contributed by atoms with Gasteiger partial charge in [-0.15, -0.1) is 0 Å². The minimum Gasteiger partial charge on any atom is -0.378 e. The van der Waals surface area contributed by atoms with E-state index in [2.05, 4.69) is 17.6 Å². The third-order valence-corrected chi connectivity index (χ3v) is 6.79. The molecule has 0 bridgehead atoms. The number of ether oxygens (including phenoxy) is 2. The Balaban J connectivity index is -0.00000334. The van der Waals surface area contributed by atoms with E-state index in [1.165, 1.54) is 5.56 Å². The van der Waals surface area contributed by atoms with Gasteiger partial charge in [0.05, 0.1) is 31.9 Å². The fourth-order valence-corrected chi connectivity index (χ4v) is 4.32. The maximum atomic E-state index is 13.1. The number of rotatable bonds is 21. The zero-order chi connectivity index (χ0) is 28.8. The lowest BCUT2D eigenvalue weighted by molar-refractivity contribution is -0.129. The van der Waals surface area contributed by atoms with Gasteiger partial charge in [-0.05, 0) is 44.6 Å². The number of amides is 1. The summed E-state index contributed by atoms with van der Waals surface area (Å²) in [6.45, 7) is 16.0. The summed E-state index contributed by atoms with van der Waals surface area (Å²) in [6, 6.07) is 8.14. The minimum absolute atomic E-state index is 0. The van der Waals surface area contributed by atoms with Crippen LogP contribution in [0.3, 0.4) is 0 Å². The van der Waals surface area contributed by atoms with Crippen LogP contribution < -0.4 is 10.6 Å². The van der Waals surface area contributed by atoms with E-state index in [4.69, 9.17) is 9.47 Å². The largest absolute Gasteiger partial charge is 0.378 e. The molecule has 1 amide bonds. The molecule has 0 radical (unpaired) electrons. The highest BCUT2D eigenvalue weighted by atomic mass is 16.5. The smallest absolute Gasteiger partial charge is 0.220 e. The Morgan fingerprint density at radius 2 is 1.58 bits per heavy atom. The van der Waals surface area contributed by atoms with Gasteiger partial charge in [-0.2, -0.15) is 0 Å². The van der Waals surface area contributed by atoms with Gasteiger partial charge in [0.1, 0.15) is 6.61 Å². The number of aryl methyl sites for hydroxylation is 2. The van der Waals surface area contributed by atoms with Gasteiger partial charge >= 0.3 is 0 Å². The molecule has 1 aromatic rings. The Morgan fingerprint density at radius 3 is 2.16 bits per heavy atom. The summed E-state index contributed by atoms with van der Waals surface area (Å²) in [7, 11) is 0. The number of Topliss-reactive ketones (excluding diaryl/α,β-unsaturated/α-hetero) is 2. The van der Waals surface area contributed by atoms with Crippen molar-refractivity contribution in [2.45, 2.75) is 99.0 Å². The summed E-state index contributed by atoms with van der Waals surface area (Å²) in [6.07, 6.45) is 4.88. The normalized spacial score (nSPS) is 12.4. The summed E-state index contributed by atoms with van der Waals surface area (Å²) < 4.78 is 11.1. The predicted octanol–water partition coefficient (Wildman–Crippen LogP) is 5.71. The topological polar surface area (TPSA) is 93.7 Å². The molecular formula is C31H58N2O5. The number of hydrogen-bond acceptors (Lipinski definition) is 6. The molecule has 0 aliphatic carbocycles. The van der Waals surface area contributed by atoms with Gasteiger partial charge in [-0.25, -0.2) is 0 Å². The summed E-state index contributed by atoms with van der Waals surface area (Å²) >= 11 is 0. The van der Waals surface area contributed by atoms with Crippen LogP contribution in [0.1, 0.15) is 94.0 Å². The monoisotopic (exact) mass is 538 g/mol. The van der Waals surface area contributed by atoms with Crippen molar-refractivity contribution in [2.24, 2.45) is 5.92 Å². The molecule has 38 heavy (non-hydrogen) atoms. The van der Waals surface area contributed by atoms with Crippen LogP contribution in [0.2, 0.25) is 0 Å². The lowest BCUT2D eigenvalue weighted by atomic mass is 9.85. The highest BCUT2D eigenvalue weighted by Gasteiger charge is 2.34. The molecule has 0 aromatic heterocycles. The molecule has 2 N–H and O–H groups in total. The van der Waals surface area contributed by atoms with E-state index in [1.54, 1.807) is 0 Å². The number of carbonyl (C=O) groups excluding carboxylic acids is 3. The third kappa shape index (κ3) is 14.2. The first-order valence-electron chi connectivity index (χ1n) is 14.6. The Morgan fingerprint density at radius 1 is 0.947 bits per heavy atom. The lowest BCUT2D eigenvalue weighted by Gasteiger charge is -2.32. The third-order valence-electron chi connectivity index (χ3n) is 6.79. The molecule has 1 atom stereocenters. The van der Waals surface area contributed by atoms with Crippen molar-refractivity contribution < 1.29 is 26.7 Å². The molecule has 7 nitrogen and oxygen atoms in total. The molecule has 7 heteroatoms. The van der Waals surface area contributed by atoms with Crippen LogP contribution in [0, 0.1) is 12.8 Å². The van der Waals surface area contributed by atoms with Gasteiger partial charge < -0.3 is 20.1 Å². The van der Waals surface area contributed by atoms with Crippen LogP contribution >= 0.6 is 0 Å². The molecule has 0 fully saturated rings. The van der Waals surface area contributed by atoms with Crippen LogP contribution in [-0.2, 0) is 30.3 Å². The van der Waals surface area contributed by atoms with Crippen LogP contribution in [0.4, 0.5) is 0 Å². The average molecular weight is 539 g/mol. The van der Waals surface area contributed by atoms with Crippen molar-refractivity contribution in [3.63, 3.8) is 0 Å². The quantitative estimate of drug-likeness (QED) is 0.195. The van der Waals surface area contributed by atoms with Gasteiger partial charge in [0.25, 0.3) is 0 Å². The minimum atomic E-state index is -0.680. The van der Waals surface area contributed by atoms with E-state index in [9.17, 15) is 14.4 Å². The molecule has 1 rings (SSSR count). The summed E-state index contributed by atoms with van der Waals surface area (Å²) in [5.74, 6) is 0.108. The predicted molar refractivity (Wildman–Crippen MR) is 160 cm³/mol. The average Bonchev–Trinajstić information content (AvgIpc) is 2.93. The molecule has 0 saturated heterocycles. The molecule has 1 aromatic carbocycles. The fourth-order valence-electron chi connectivity index (χ4n) is 4.32.